The van der Waals surface area contributed by atoms with Gasteiger partial charge in [-0.2, -0.15) is 0 Å². The van der Waals surface area contributed by atoms with Crippen LogP contribution in [0.4, 0.5) is 0 Å². The smallest absolute Gasteiger partial charge is 0.462 e. The van der Waals surface area contributed by atoms with Crippen molar-refractivity contribution in [2.75, 3.05) is 39.6 Å². The minimum Gasteiger partial charge on any atom is -0.462 e. The largest absolute Gasteiger partial charge is 0.472 e. The lowest BCUT2D eigenvalue weighted by Gasteiger charge is -2.21. The molecular weight excluding hydrogens is 1380 g/mol. The Bertz CT molecular complexity index is 2030. The molecule has 0 amide bonds. The molecule has 0 heterocycles. The summed E-state index contributed by atoms with van der Waals surface area (Å²) in [6.45, 7) is 9.75. The average Bonchev–Trinajstić information content (AvgIpc) is 0.902. The highest BCUT2D eigenvalue weighted by Gasteiger charge is 2.30. The molecule has 0 spiro atoms. The van der Waals surface area contributed by atoms with E-state index in [1.807, 2.05) is 0 Å². The zero-order valence-corrected chi connectivity index (χ0v) is 71.5. The van der Waals surface area contributed by atoms with E-state index >= 15 is 0 Å². The van der Waals surface area contributed by atoms with Gasteiger partial charge in [0.1, 0.15) is 19.3 Å². The number of hydrogen-bond acceptors (Lipinski definition) is 15. The zero-order valence-electron chi connectivity index (χ0n) is 69.7. The summed E-state index contributed by atoms with van der Waals surface area (Å²) < 4.78 is 68.8. The summed E-state index contributed by atoms with van der Waals surface area (Å²) >= 11 is 0. The van der Waals surface area contributed by atoms with Crippen molar-refractivity contribution in [2.24, 2.45) is 11.8 Å². The van der Waals surface area contributed by atoms with Gasteiger partial charge in [-0.05, 0) is 37.5 Å². The van der Waals surface area contributed by atoms with E-state index in [9.17, 15) is 43.2 Å². The molecule has 106 heavy (non-hydrogen) atoms. The molecule has 0 saturated heterocycles. The van der Waals surface area contributed by atoms with E-state index in [2.05, 4.69) is 41.5 Å². The van der Waals surface area contributed by atoms with Crippen LogP contribution in [0.15, 0.2) is 0 Å². The van der Waals surface area contributed by atoms with Crippen LogP contribution in [0, 0.1) is 11.8 Å². The molecule has 3 N–H and O–H groups in total. The number of carbonyl (C=O) groups excluding carboxylic acids is 4. The molecule has 0 aromatic carbocycles. The SMILES string of the molecule is CCCCCCCCCCCCCCCCCCCCCCCCC(=O)O[C@H](COC(=O)CCCCCCCCCCCCCCCCC(C)CC)COP(=O)(O)OC[C@@H](O)COP(=O)(O)OC[C@@H](COC(=O)CCCCCCCCCC)OC(=O)CCCCCCCCCCCCCCCCC(C)CC. The first-order valence-electron chi connectivity index (χ1n) is 45.1. The van der Waals surface area contributed by atoms with Crippen LogP contribution >= 0.6 is 15.6 Å². The summed E-state index contributed by atoms with van der Waals surface area (Å²) in [4.78, 5) is 73.2. The van der Waals surface area contributed by atoms with Crippen molar-refractivity contribution in [2.45, 2.75) is 484 Å². The number of phosphoric acid groups is 2. The minimum atomic E-state index is -4.97. The van der Waals surface area contributed by atoms with E-state index in [4.69, 9.17) is 37.0 Å². The van der Waals surface area contributed by atoms with E-state index in [1.165, 1.54) is 276 Å². The predicted octanol–water partition coefficient (Wildman–Crippen LogP) is 26.6. The minimum absolute atomic E-state index is 0.108. The van der Waals surface area contributed by atoms with Gasteiger partial charge in [0, 0.05) is 25.7 Å². The number of aliphatic hydroxyl groups excluding tert-OH is 1. The Balaban J connectivity index is 5.18. The molecule has 0 fully saturated rings. The first-order valence-corrected chi connectivity index (χ1v) is 48.1. The molecule has 0 aliphatic rings. The van der Waals surface area contributed by atoms with Crippen molar-refractivity contribution in [3.8, 4) is 0 Å². The molecule has 0 aromatic rings. The number of aliphatic hydroxyl groups is 1. The van der Waals surface area contributed by atoms with E-state index in [0.717, 1.165) is 108 Å². The van der Waals surface area contributed by atoms with Gasteiger partial charge in [0.2, 0.25) is 0 Å². The third kappa shape index (κ3) is 77.4. The number of phosphoric ester groups is 2. The van der Waals surface area contributed by atoms with Crippen LogP contribution in [0.2, 0.25) is 0 Å². The summed E-state index contributed by atoms with van der Waals surface area (Å²) in [6, 6.07) is 0. The molecule has 0 aromatic heterocycles. The Labute approximate surface area is 651 Å². The molecule has 7 atom stereocenters. The predicted molar refractivity (Wildman–Crippen MR) is 437 cm³/mol. The second-order valence-electron chi connectivity index (χ2n) is 31.8. The lowest BCUT2D eigenvalue weighted by molar-refractivity contribution is -0.161. The van der Waals surface area contributed by atoms with Gasteiger partial charge in [0.25, 0.3) is 0 Å². The van der Waals surface area contributed by atoms with Gasteiger partial charge in [-0.25, -0.2) is 9.13 Å². The molecule has 0 aliphatic heterocycles. The quantitative estimate of drug-likeness (QED) is 0.0222. The Morgan fingerprint density at radius 1 is 0.264 bits per heavy atom. The van der Waals surface area contributed by atoms with Crippen molar-refractivity contribution >= 4 is 39.5 Å². The lowest BCUT2D eigenvalue weighted by Crippen LogP contribution is -2.30. The molecule has 0 radical (unpaired) electrons. The van der Waals surface area contributed by atoms with Gasteiger partial charge in [-0.1, -0.05) is 414 Å². The maximum Gasteiger partial charge on any atom is 0.472 e. The standard InChI is InChI=1S/C87H170O17P2/c1-7-11-13-15-17-19-20-21-22-23-24-25-26-27-28-29-37-42-47-53-59-65-71-87(92)104-83(76-98-85(90)70-64-58-52-46-41-36-32-30-34-39-44-49-55-61-67-79(5)9-3)78-102-106(95,96)100-74-81(88)73-99-105(93,94)101-77-82(75-97-84(89)69-63-57-51-18-16-14-12-8-2)103-86(91)72-66-60-54-48-43-38-33-31-35-40-45-50-56-62-68-80(6)10-4/h79-83,88H,7-78H2,1-6H3,(H,93,94)(H,95,96)/t79?,80?,81-,82+,83+/m0/s1. The fourth-order valence-electron chi connectivity index (χ4n) is 13.5. The van der Waals surface area contributed by atoms with Crippen molar-refractivity contribution < 1.29 is 80.2 Å². The summed E-state index contributed by atoms with van der Waals surface area (Å²) in [7, 11) is -9.93. The number of esters is 4. The molecule has 0 aliphatic carbocycles. The molecule has 0 rings (SSSR count). The number of unbranched alkanes of at least 4 members (excludes halogenated alkanes) is 54. The van der Waals surface area contributed by atoms with Crippen LogP contribution in [0.3, 0.4) is 0 Å². The Kier molecular flexibility index (Phi) is 76.9. The third-order valence-corrected chi connectivity index (χ3v) is 23.1. The highest BCUT2D eigenvalue weighted by molar-refractivity contribution is 7.47. The summed E-state index contributed by atoms with van der Waals surface area (Å²) in [5, 5.41) is 10.7. The van der Waals surface area contributed by atoms with Crippen molar-refractivity contribution in [3.63, 3.8) is 0 Å². The Morgan fingerprint density at radius 2 is 0.453 bits per heavy atom. The van der Waals surface area contributed by atoms with Crippen LogP contribution in [0.5, 0.6) is 0 Å². The monoisotopic (exact) mass is 1550 g/mol. The van der Waals surface area contributed by atoms with Crippen molar-refractivity contribution in [1.82, 2.24) is 0 Å². The van der Waals surface area contributed by atoms with Gasteiger partial charge in [-0.15, -0.1) is 0 Å². The number of ether oxygens (including phenoxy) is 4. The summed E-state index contributed by atoms with van der Waals surface area (Å²) in [6.07, 6.45) is 70.9. The molecule has 17 nitrogen and oxygen atoms in total. The molecule has 19 heteroatoms. The van der Waals surface area contributed by atoms with E-state index in [1.54, 1.807) is 0 Å². The molecular formula is C87H170O17P2. The molecule has 630 valence electrons. The maximum absolute atomic E-state index is 13.1. The molecule has 0 bridgehead atoms. The van der Waals surface area contributed by atoms with Crippen molar-refractivity contribution in [1.29, 1.82) is 0 Å². The Hall–Kier alpha value is -1.94. The maximum atomic E-state index is 13.1. The van der Waals surface area contributed by atoms with Gasteiger partial charge >= 0.3 is 39.5 Å². The highest BCUT2D eigenvalue weighted by Crippen LogP contribution is 2.45. The lowest BCUT2D eigenvalue weighted by atomic mass is 9.99. The fraction of sp³-hybridized carbons (Fsp3) is 0.954. The second-order valence-corrected chi connectivity index (χ2v) is 34.7. The summed E-state index contributed by atoms with van der Waals surface area (Å²) in [5.41, 5.74) is 0. The molecule has 4 unspecified atom stereocenters. The normalized spacial score (nSPS) is 14.3. The van der Waals surface area contributed by atoms with Crippen LogP contribution in [-0.2, 0) is 65.4 Å². The van der Waals surface area contributed by atoms with Gasteiger partial charge in [0.05, 0.1) is 26.4 Å². The number of hydrogen-bond donors (Lipinski definition) is 3. The van der Waals surface area contributed by atoms with Crippen LogP contribution in [-0.4, -0.2) is 96.7 Å². The fourth-order valence-corrected chi connectivity index (χ4v) is 15.1. The average molecular weight is 1550 g/mol. The van der Waals surface area contributed by atoms with Gasteiger partial charge in [0.15, 0.2) is 12.2 Å². The number of carbonyl (C=O) groups is 4. The van der Waals surface area contributed by atoms with E-state index < -0.39 is 97.5 Å². The number of rotatable bonds is 86. The van der Waals surface area contributed by atoms with Crippen LogP contribution in [0.1, 0.15) is 465 Å². The van der Waals surface area contributed by atoms with Crippen molar-refractivity contribution in [3.05, 3.63) is 0 Å². The van der Waals surface area contributed by atoms with Gasteiger partial charge < -0.3 is 33.8 Å². The molecule has 0 saturated carbocycles. The van der Waals surface area contributed by atoms with E-state index in [-0.39, 0.29) is 25.7 Å². The first-order chi connectivity index (χ1) is 51.4. The third-order valence-electron chi connectivity index (χ3n) is 21.2. The van der Waals surface area contributed by atoms with Crippen LogP contribution in [0.25, 0.3) is 0 Å². The topological polar surface area (TPSA) is 237 Å². The first kappa shape index (κ1) is 104. The van der Waals surface area contributed by atoms with Crippen LogP contribution < -0.4 is 0 Å². The van der Waals surface area contributed by atoms with E-state index in [0.29, 0.717) is 25.7 Å². The van der Waals surface area contributed by atoms with Gasteiger partial charge in [-0.3, -0.25) is 37.3 Å². The highest BCUT2D eigenvalue weighted by atomic mass is 31.2. The Morgan fingerprint density at radius 3 is 0.670 bits per heavy atom. The second kappa shape index (κ2) is 78.3. The zero-order chi connectivity index (χ0) is 77.8. The summed E-state index contributed by atoms with van der Waals surface area (Å²) in [5.74, 6) is -0.408.